The van der Waals surface area contributed by atoms with Gasteiger partial charge < -0.3 is 9.94 Å². The van der Waals surface area contributed by atoms with Crippen molar-refractivity contribution >= 4 is 15.8 Å². The predicted molar refractivity (Wildman–Crippen MR) is 143 cm³/mol. The first kappa shape index (κ1) is 35.2. The number of ether oxygens (including phenoxy) is 1. The number of oxime groups is 1. The van der Waals surface area contributed by atoms with Gasteiger partial charge in [-0.1, -0.05) is 102 Å². The fraction of sp³-hybridized carbons (Fsp3) is 0.741. The maximum absolute atomic E-state index is 12.7. The standard InChI is InChI=1S/C24H38F3NO2.C3H8O3S/c1-2-3-4-5-6-7-8-9-10-11-12-13-14-15-20-30-22-18-16-21(17-19-22)23(28-29)24(25,26)27;1-2-3-7(4,5)6/h16-19,29H,2-15,20H2,1H3;2-3H2,1H3,(H,4,5,6). The molecule has 6 nitrogen and oxygen atoms in total. The minimum Gasteiger partial charge on any atom is -0.494 e. The molecule has 0 heterocycles. The molecule has 0 aliphatic heterocycles. The Morgan fingerprint density at radius 3 is 1.54 bits per heavy atom. The molecule has 0 aliphatic rings. The fourth-order valence-corrected chi connectivity index (χ4v) is 4.25. The topological polar surface area (TPSA) is 96.2 Å². The van der Waals surface area contributed by atoms with E-state index < -0.39 is 22.0 Å². The van der Waals surface area contributed by atoms with Crippen molar-refractivity contribution in [2.45, 2.75) is 116 Å². The van der Waals surface area contributed by atoms with Crippen LogP contribution < -0.4 is 4.74 Å². The van der Waals surface area contributed by atoms with E-state index in [1.165, 1.54) is 101 Å². The quantitative estimate of drug-likeness (QED) is 0.0588. The van der Waals surface area contributed by atoms with Gasteiger partial charge in [-0.3, -0.25) is 4.55 Å². The summed E-state index contributed by atoms with van der Waals surface area (Å²) in [6, 6.07) is 5.44. The summed E-state index contributed by atoms with van der Waals surface area (Å²) in [4.78, 5) is 0. The van der Waals surface area contributed by atoms with Gasteiger partial charge in [-0.05, 0) is 37.1 Å². The normalized spacial score (nSPS) is 12.2. The van der Waals surface area contributed by atoms with Gasteiger partial charge in [0.05, 0.1) is 12.4 Å². The molecule has 10 heteroatoms. The number of halogens is 3. The lowest BCUT2D eigenvalue weighted by Crippen LogP contribution is -2.23. The maximum atomic E-state index is 12.7. The fourth-order valence-electron chi connectivity index (χ4n) is 3.73. The first-order chi connectivity index (χ1) is 17.5. The van der Waals surface area contributed by atoms with Gasteiger partial charge in [0.1, 0.15) is 5.75 Å². The molecule has 0 saturated carbocycles. The van der Waals surface area contributed by atoms with Crippen LogP contribution in [0.3, 0.4) is 0 Å². The highest BCUT2D eigenvalue weighted by Gasteiger charge is 2.37. The van der Waals surface area contributed by atoms with E-state index in [0.29, 0.717) is 18.8 Å². The molecule has 37 heavy (non-hydrogen) atoms. The van der Waals surface area contributed by atoms with E-state index in [1.54, 1.807) is 6.92 Å². The third-order valence-corrected chi connectivity index (χ3v) is 6.65. The molecule has 0 radical (unpaired) electrons. The largest absolute Gasteiger partial charge is 0.494 e. The van der Waals surface area contributed by atoms with Crippen LogP contribution in [0.1, 0.15) is 116 Å². The summed E-state index contributed by atoms with van der Waals surface area (Å²) in [6.45, 7) is 4.49. The van der Waals surface area contributed by atoms with Gasteiger partial charge in [0, 0.05) is 5.56 Å². The molecule has 0 atom stereocenters. The molecule has 0 aliphatic carbocycles. The number of benzene rings is 1. The second-order valence-electron chi connectivity index (χ2n) is 9.20. The van der Waals surface area contributed by atoms with Gasteiger partial charge in [0.2, 0.25) is 0 Å². The summed E-state index contributed by atoms with van der Waals surface area (Å²) in [5.74, 6) is 0.389. The second kappa shape index (κ2) is 21.2. The Morgan fingerprint density at radius 2 is 1.22 bits per heavy atom. The average Bonchev–Trinajstić information content (AvgIpc) is 2.82. The Morgan fingerprint density at radius 1 is 0.784 bits per heavy atom. The minimum absolute atomic E-state index is 0.132. The van der Waals surface area contributed by atoms with Crippen LogP contribution in [0.2, 0.25) is 0 Å². The van der Waals surface area contributed by atoms with Crippen molar-refractivity contribution in [2.75, 3.05) is 12.4 Å². The van der Waals surface area contributed by atoms with E-state index in [2.05, 4.69) is 12.1 Å². The molecule has 1 aromatic rings. The van der Waals surface area contributed by atoms with Crippen LogP contribution >= 0.6 is 0 Å². The number of rotatable bonds is 19. The van der Waals surface area contributed by atoms with Gasteiger partial charge in [0.25, 0.3) is 10.1 Å². The van der Waals surface area contributed by atoms with Crippen LogP contribution in [0.15, 0.2) is 29.4 Å². The lowest BCUT2D eigenvalue weighted by molar-refractivity contribution is -0.0601. The van der Waals surface area contributed by atoms with Crippen molar-refractivity contribution in [3.63, 3.8) is 0 Å². The zero-order chi connectivity index (χ0) is 28.0. The van der Waals surface area contributed by atoms with Gasteiger partial charge >= 0.3 is 6.18 Å². The van der Waals surface area contributed by atoms with Crippen LogP contribution in [-0.4, -0.2) is 42.4 Å². The van der Waals surface area contributed by atoms with Gasteiger partial charge in [-0.2, -0.15) is 21.6 Å². The number of unbranched alkanes of at least 4 members (excludes halogenated alkanes) is 13. The van der Waals surface area contributed by atoms with Gasteiger partial charge in [-0.25, -0.2) is 0 Å². The highest BCUT2D eigenvalue weighted by molar-refractivity contribution is 7.85. The number of alkyl halides is 3. The van der Waals surface area contributed by atoms with Crippen molar-refractivity contribution in [3.8, 4) is 5.75 Å². The third kappa shape index (κ3) is 20.9. The Bertz CT molecular complexity index is 812. The Kier molecular flexibility index (Phi) is 20.1. The van der Waals surface area contributed by atoms with E-state index in [-0.39, 0.29) is 11.3 Å². The number of hydrogen-bond acceptors (Lipinski definition) is 5. The Labute approximate surface area is 221 Å². The maximum Gasteiger partial charge on any atom is 0.437 e. The van der Waals surface area contributed by atoms with E-state index in [0.717, 1.165) is 12.8 Å². The monoisotopic (exact) mass is 553 g/mol. The summed E-state index contributed by atoms with van der Waals surface area (Å²) in [6.07, 6.45) is 13.9. The van der Waals surface area contributed by atoms with E-state index in [4.69, 9.17) is 14.5 Å². The molecule has 1 rings (SSSR count). The lowest BCUT2D eigenvalue weighted by Gasteiger charge is -2.10. The smallest absolute Gasteiger partial charge is 0.437 e. The molecular weight excluding hydrogens is 507 g/mol. The van der Waals surface area contributed by atoms with E-state index in [1.807, 2.05) is 0 Å². The molecule has 0 aromatic heterocycles. The number of hydrogen-bond donors (Lipinski definition) is 2. The zero-order valence-electron chi connectivity index (χ0n) is 22.4. The summed E-state index contributed by atoms with van der Waals surface area (Å²) in [5, 5.41) is 10.9. The van der Waals surface area contributed by atoms with Crippen molar-refractivity contribution in [2.24, 2.45) is 5.16 Å². The average molecular weight is 554 g/mol. The molecule has 0 spiro atoms. The zero-order valence-corrected chi connectivity index (χ0v) is 23.3. The summed E-state index contributed by atoms with van der Waals surface area (Å²) in [7, 11) is -3.67. The summed E-state index contributed by atoms with van der Waals surface area (Å²) in [5.41, 5.74) is -1.49. The van der Waals surface area contributed by atoms with Crippen molar-refractivity contribution in [1.82, 2.24) is 0 Å². The summed E-state index contributed by atoms with van der Waals surface area (Å²) < 4.78 is 71.2. The van der Waals surface area contributed by atoms with Crippen LogP contribution in [0.25, 0.3) is 0 Å². The lowest BCUT2D eigenvalue weighted by atomic mass is 10.0. The highest BCUT2D eigenvalue weighted by atomic mass is 32.2. The van der Waals surface area contributed by atoms with Crippen molar-refractivity contribution in [1.29, 1.82) is 0 Å². The van der Waals surface area contributed by atoms with E-state index in [9.17, 15) is 21.6 Å². The molecule has 0 unspecified atom stereocenters. The molecule has 0 amide bonds. The summed E-state index contributed by atoms with van der Waals surface area (Å²) >= 11 is 0. The molecule has 216 valence electrons. The number of nitrogens with zero attached hydrogens (tertiary/aromatic N) is 1. The molecule has 0 saturated heterocycles. The van der Waals surface area contributed by atoms with E-state index >= 15 is 0 Å². The van der Waals surface area contributed by atoms with Crippen LogP contribution in [0, 0.1) is 0 Å². The van der Waals surface area contributed by atoms with Crippen LogP contribution in [-0.2, 0) is 10.1 Å². The van der Waals surface area contributed by atoms with Gasteiger partial charge in [0.15, 0.2) is 5.71 Å². The Balaban J connectivity index is 0.00000161. The first-order valence-electron chi connectivity index (χ1n) is 13.5. The van der Waals surface area contributed by atoms with Crippen LogP contribution in [0.4, 0.5) is 13.2 Å². The molecule has 2 N–H and O–H groups in total. The van der Waals surface area contributed by atoms with Crippen LogP contribution in [0.5, 0.6) is 5.75 Å². The van der Waals surface area contributed by atoms with Crippen molar-refractivity contribution < 1.29 is 36.1 Å². The third-order valence-electron chi connectivity index (χ3n) is 5.72. The van der Waals surface area contributed by atoms with Crippen molar-refractivity contribution in [3.05, 3.63) is 29.8 Å². The minimum atomic E-state index is -4.69. The first-order valence-corrected chi connectivity index (χ1v) is 15.1. The SMILES string of the molecule is CCCCCCCCCCCCCCCCOc1ccc(C(=NO)C(F)(F)F)cc1.CCCS(=O)(=O)O. The molecular formula is C27H46F3NO5S. The molecule has 1 aromatic carbocycles. The Hall–Kier alpha value is -1.81. The molecule has 0 bridgehead atoms. The molecule has 0 fully saturated rings. The highest BCUT2D eigenvalue weighted by Crippen LogP contribution is 2.24. The second-order valence-corrected chi connectivity index (χ2v) is 10.8. The van der Waals surface area contributed by atoms with Gasteiger partial charge in [-0.15, -0.1) is 0 Å². The predicted octanol–water partition coefficient (Wildman–Crippen LogP) is 8.57.